The van der Waals surface area contributed by atoms with E-state index in [0.29, 0.717) is 12.6 Å². The molecular weight excluding hydrogens is 280 g/mol. The number of ether oxygens (including phenoxy) is 2. The van der Waals surface area contributed by atoms with Crippen molar-refractivity contribution < 1.29 is 14.3 Å². The molecular formula is C17H32N2O3. The van der Waals surface area contributed by atoms with Gasteiger partial charge in [-0.25, -0.2) is 4.79 Å². The molecule has 0 spiro atoms. The summed E-state index contributed by atoms with van der Waals surface area (Å²) in [6, 6.07) is 0.734. The number of hydrogen-bond acceptors (Lipinski definition) is 4. The molecule has 0 radical (unpaired) electrons. The molecule has 0 bridgehead atoms. The molecule has 0 saturated heterocycles. The Bertz CT molecular complexity index is 377. The largest absolute Gasteiger partial charge is 0.444 e. The predicted molar refractivity (Wildman–Crippen MR) is 86.9 cm³/mol. The van der Waals surface area contributed by atoms with Crippen molar-refractivity contribution in [3.05, 3.63) is 0 Å². The number of rotatable bonds is 7. The monoisotopic (exact) mass is 312 g/mol. The predicted octanol–water partition coefficient (Wildman–Crippen LogP) is 2.84. The molecule has 0 aromatic carbocycles. The average Bonchev–Trinajstić information content (AvgIpc) is 3.16. The van der Waals surface area contributed by atoms with Crippen LogP contribution in [0, 0.1) is 5.92 Å². The zero-order valence-electron chi connectivity index (χ0n) is 14.6. The van der Waals surface area contributed by atoms with Crippen LogP contribution in [0.2, 0.25) is 0 Å². The van der Waals surface area contributed by atoms with Gasteiger partial charge < -0.3 is 20.1 Å². The van der Waals surface area contributed by atoms with Crippen molar-refractivity contribution in [1.29, 1.82) is 0 Å². The normalized spacial score (nSPS) is 29.6. The molecule has 0 heterocycles. The Labute approximate surface area is 134 Å². The maximum Gasteiger partial charge on any atom is 0.407 e. The highest BCUT2D eigenvalue weighted by Crippen LogP contribution is 2.34. The smallest absolute Gasteiger partial charge is 0.407 e. The first-order chi connectivity index (χ1) is 10.3. The molecule has 0 aromatic heterocycles. The summed E-state index contributed by atoms with van der Waals surface area (Å²) in [5.41, 5.74) is -0.463. The van der Waals surface area contributed by atoms with Crippen LogP contribution in [0.4, 0.5) is 4.79 Å². The van der Waals surface area contributed by atoms with Gasteiger partial charge in [-0.2, -0.15) is 0 Å². The van der Waals surface area contributed by atoms with E-state index in [1.54, 1.807) is 0 Å². The zero-order chi connectivity index (χ0) is 16.3. The second kappa shape index (κ2) is 7.18. The van der Waals surface area contributed by atoms with Gasteiger partial charge in [-0.05, 0) is 53.4 Å². The molecule has 0 aromatic rings. The Hall–Kier alpha value is -0.810. The van der Waals surface area contributed by atoms with Crippen molar-refractivity contribution in [3.8, 4) is 0 Å². The van der Waals surface area contributed by atoms with Gasteiger partial charge >= 0.3 is 6.09 Å². The van der Waals surface area contributed by atoms with Crippen LogP contribution in [0.25, 0.3) is 0 Å². The van der Waals surface area contributed by atoms with E-state index in [0.717, 1.165) is 12.3 Å². The first-order valence-electron chi connectivity index (χ1n) is 8.65. The number of alkyl carbamates (subject to hydrolysis) is 1. The fourth-order valence-corrected chi connectivity index (χ4v) is 3.07. The molecule has 2 rings (SSSR count). The van der Waals surface area contributed by atoms with Crippen LogP contribution in [-0.4, -0.2) is 42.5 Å². The van der Waals surface area contributed by atoms with E-state index in [1.165, 1.54) is 19.3 Å². The van der Waals surface area contributed by atoms with Crippen LogP contribution in [0.5, 0.6) is 0 Å². The lowest BCUT2D eigenvalue weighted by Gasteiger charge is -2.46. The Balaban J connectivity index is 1.82. The van der Waals surface area contributed by atoms with Crippen LogP contribution in [0.3, 0.4) is 0 Å². The topological polar surface area (TPSA) is 59.6 Å². The van der Waals surface area contributed by atoms with Gasteiger partial charge in [0, 0.05) is 12.6 Å². The molecule has 2 aliphatic rings. The minimum atomic E-state index is -0.463. The summed E-state index contributed by atoms with van der Waals surface area (Å²) in [6.07, 6.45) is 4.65. The number of carbonyl (C=O) groups excluding carboxylic acids is 1. The molecule has 0 aliphatic heterocycles. The van der Waals surface area contributed by atoms with Gasteiger partial charge in [0.05, 0.1) is 18.2 Å². The average molecular weight is 312 g/mol. The van der Waals surface area contributed by atoms with Crippen LogP contribution >= 0.6 is 0 Å². The van der Waals surface area contributed by atoms with Gasteiger partial charge in [0.15, 0.2) is 0 Å². The van der Waals surface area contributed by atoms with Gasteiger partial charge in [0.2, 0.25) is 0 Å². The summed E-state index contributed by atoms with van der Waals surface area (Å²) < 4.78 is 11.1. The molecule has 5 nitrogen and oxygen atoms in total. The highest BCUT2D eigenvalue weighted by atomic mass is 16.6. The van der Waals surface area contributed by atoms with Crippen molar-refractivity contribution >= 4 is 6.09 Å². The van der Waals surface area contributed by atoms with Crippen molar-refractivity contribution in [2.24, 2.45) is 5.92 Å². The number of carbonyl (C=O) groups is 1. The van der Waals surface area contributed by atoms with Gasteiger partial charge in [-0.1, -0.05) is 12.8 Å². The third kappa shape index (κ3) is 5.43. The fraction of sp³-hybridized carbons (Fsp3) is 0.941. The summed E-state index contributed by atoms with van der Waals surface area (Å²) in [7, 11) is 0. The maximum absolute atomic E-state index is 11.9. The number of hydrogen-bond donors (Lipinski definition) is 2. The van der Waals surface area contributed by atoms with Crippen LogP contribution < -0.4 is 10.6 Å². The Kier molecular flexibility index (Phi) is 5.72. The number of amides is 1. The van der Waals surface area contributed by atoms with E-state index in [9.17, 15) is 4.79 Å². The number of nitrogens with one attached hydrogen (secondary N) is 2. The second-order valence-corrected chi connectivity index (χ2v) is 7.75. The molecule has 5 heteroatoms. The zero-order valence-corrected chi connectivity index (χ0v) is 14.6. The second-order valence-electron chi connectivity index (χ2n) is 7.75. The molecule has 128 valence electrons. The summed E-state index contributed by atoms with van der Waals surface area (Å²) in [4.78, 5) is 11.9. The van der Waals surface area contributed by atoms with E-state index in [2.05, 4.69) is 17.6 Å². The molecule has 2 fully saturated rings. The highest BCUT2D eigenvalue weighted by molar-refractivity contribution is 5.68. The van der Waals surface area contributed by atoms with Crippen molar-refractivity contribution in [2.75, 3.05) is 6.61 Å². The standard InChI is InChI=1S/C17H32N2O3/c1-6-21-14-10-13(19-16(20)22-17(3,4)5)15(14)18-11(2)9-12-7-8-12/h11-15,18H,6-10H2,1-5H3,(H,19,20). The fourth-order valence-electron chi connectivity index (χ4n) is 3.07. The third-order valence-electron chi connectivity index (χ3n) is 4.26. The first kappa shape index (κ1) is 17.5. The van der Waals surface area contributed by atoms with Gasteiger partial charge in [0.25, 0.3) is 0 Å². The quantitative estimate of drug-likeness (QED) is 0.759. The summed E-state index contributed by atoms with van der Waals surface area (Å²) in [6.45, 7) is 10.6. The molecule has 4 atom stereocenters. The Morgan fingerprint density at radius 3 is 2.55 bits per heavy atom. The summed E-state index contributed by atoms with van der Waals surface area (Å²) in [5, 5.41) is 6.63. The van der Waals surface area contributed by atoms with E-state index in [-0.39, 0.29) is 24.3 Å². The van der Waals surface area contributed by atoms with E-state index in [4.69, 9.17) is 9.47 Å². The van der Waals surface area contributed by atoms with Crippen molar-refractivity contribution in [1.82, 2.24) is 10.6 Å². The minimum absolute atomic E-state index is 0.0908. The Morgan fingerprint density at radius 1 is 1.32 bits per heavy atom. The first-order valence-corrected chi connectivity index (χ1v) is 8.65. The van der Waals surface area contributed by atoms with Crippen LogP contribution in [0.1, 0.15) is 60.3 Å². The summed E-state index contributed by atoms with van der Waals surface area (Å²) in [5.74, 6) is 0.894. The molecule has 2 N–H and O–H groups in total. The van der Waals surface area contributed by atoms with Gasteiger partial charge in [0.1, 0.15) is 5.60 Å². The molecule has 2 saturated carbocycles. The summed E-state index contributed by atoms with van der Waals surface area (Å²) >= 11 is 0. The van der Waals surface area contributed by atoms with E-state index in [1.807, 2.05) is 27.7 Å². The molecule has 1 amide bonds. The Morgan fingerprint density at radius 2 is 2.00 bits per heavy atom. The van der Waals surface area contributed by atoms with E-state index < -0.39 is 5.60 Å². The molecule has 22 heavy (non-hydrogen) atoms. The maximum atomic E-state index is 11.9. The highest BCUT2D eigenvalue weighted by Gasteiger charge is 2.44. The van der Waals surface area contributed by atoms with Crippen LogP contribution in [0.15, 0.2) is 0 Å². The lowest BCUT2D eigenvalue weighted by molar-refractivity contribution is -0.0464. The molecule has 4 unspecified atom stereocenters. The lowest BCUT2D eigenvalue weighted by atomic mass is 9.82. The van der Waals surface area contributed by atoms with Crippen LogP contribution in [-0.2, 0) is 9.47 Å². The SMILES string of the molecule is CCOC1CC(NC(=O)OC(C)(C)C)C1NC(C)CC1CC1. The van der Waals surface area contributed by atoms with Crippen molar-refractivity contribution in [3.63, 3.8) is 0 Å². The van der Waals surface area contributed by atoms with Crippen molar-refractivity contribution in [2.45, 2.75) is 90.1 Å². The van der Waals surface area contributed by atoms with Gasteiger partial charge in [-0.3, -0.25) is 0 Å². The van der Waals surface area contributed by atoms with E-state index >= 15 is 0 Å². The third-order valence-corrected chi connectivity index (χ3v) is 4.26. The lowest BCUT2D eigenvalue weighted by Crippen LogP contribution is -2.67. The minimum Gasteiger partial charge on any atom is -0.444 e. The molecule has 2 aliphatic carbocycles. The van der Waals surface area contributed by atoms with Gasteiger partial charge in [-0.15, -0.1) is 0 Å².